The summed E-state index contributed by atoms with van der Waals surface area (Å²) in [5.74, 6) is -0.697. The summed E-state index contributed by atoms with van der Waals surface area (Å²) in [7, 11) is 1.77. The molecule has 4 nitrogen and oxygen atoms in total. The lowest BCUT2D eigenvalue weighted by Gasteiger charge is -2.19. The molecule has 0 unspecified atom stereocenters. The molecule has 2 atom stereocenters. The van der Waals surface area contributed by atoms with E-state index in [0.717, 1.165) is 28.6 Å². The number of carboxylic acids is 1. The lowest BCUT2D eigenvalue weighted by Crippen LogP contribution is -2.16. The smallest absolute Gasteiger partial charge is 0.416 e. The molecule has 4 rings (SSSR count). The van der Waals surface area contributed by atoms with E-state index in [1.807, 2.05) is 25.1 Å². The topological polar surface area (TPSA) is 51.5 Å². The Hall–Kier alpha value is -2.67. The number of fused-ring (bicyclic) bond motifs is 1. The number of halogens is 4. The molecule has 0 amide bonds. The second-order valence-corrected chi connectivity index (χ2v) is 9.43. The Morgan fingerprint density at radius 3 is 2.59 bits per heavy atom. The van der Waals surface area contributed by atoms with Crippen LogP contribution in [0.2, 0.25) is 5.02 Å². The Morgan fingerprint density at radius 1 is 1.24 bits per heavy atom. The maximum absolute atomic E-state index is 13.3. The zero-order valence-electron chi connectivity index (χ0n) is 19.3. The van der Waals surface area contributed by atoms with Crippen LogP contribution >= 0.6 is 11.6 Å². The zero-order valence-corrected chi connectivity index (χ0v) is 20.1. The standard InChI is InChI=1S/C26H27ClF3NO3/c1-4-15-6-8-23(34-19-7-5-16(10-19)25(32)33)24(27)21(15)13-18-12-20-14(2)9-17(26(28,29)30)11-22(20)31(18)3/h6,8-9,11-12,16,19H,4-5,7,10,13H2,1-3H3,(H,32,33)/t16-,19+/m1/s1. The van der Waals surface area contributed by atoms with E-state index in [4.69, 9.17) is 16.3 Å². The quantitative estimate of drug-likeness (QED) is 0.404. The van der Waals surface area contributed by atoms with Crippen LogP contribution in [0.25, 0.3) is 10.9 Å². The van der Waals surface area contributed by atoms with Gasteiger partial charge < -0.3 is 14.4 Å². The van der Waals surface area contributed by atoms with Gasteiger partial charge in [-0.2, -0.15) is 13.2 Å². The van der Waals surface area contributed by atoms with Crippen molar-refractivity contribution >= 4 is 28.5 Å². The first-order valence-electron chi connectivity index (χ1n) is 11.4. The van der Waals surface area contributed by atoms with Crippen LogP contribution in [-0.4, -0.2) is 21.7 Å². The van der Waals surface area contributed by atoms with E-state index < -0.39 is 23.6 Å². The summed E-state index contributed by atoms with van der Waals surface area (Å²) in [5, 5.41) is 10.5. The van der Waals surface area contributed by atoms with Crippen molar-refractivity contribution < 1.29 is 27.8 Å². The van der Waals surface area contributed by atoms with Crippen molar-refractivity contribution in [3.05, 3.63) is 63.3 Å². The predicted octanol–water partition coefficient (Wildman–Crippen LogP) is 6.94. The molecule has 0 radical (unpaired) electrons. The number of aliphatic carboxylic acids is 1. The summed E-state index contributed by atoms with van der Waals surface area (Å²) in [5.41, 5.74) is 3.18. The van der Waals surface area contributed by atoms with E-state index in [9.17, 15) is 23.1 Å². The van der Waals surface area contributed by atoms with Gasteiger partial charge in [0.25, 0.3) is 0 Å². The molecule has 1 N–H and O–H groups in total. The number of rotatable bonds is 6. The van der Waals surface area contributed by atoms with Crippen LogP contribution in [0.15, 0.2) is 30.3 Å². The molecule has 0 saturated heterocycles. The Labute approximate surface area is 201 Å². The van der Waals surface area contributed by atoms with Crippen LogP contribution in [-0.2, 0) is 30.9 Å². The molecular weight excluding hydrogens is 467 g/mol. The number of hydrogen-bond donors (Lipinski definition) is 1. The van der Waals surface area contributed by atoms with Gasteiger partial charge in [-0.1, -0.05) is 24.6 Å². The lowest BCUT2D eigenvalue weighted by molar-refractivity contribution is -0.141. The third-order valence-electron chi connectivity index (χ3n) is 6.87. The highest BCUT2D eigenvalue weighted by molar-refractivity contribution is 6.33. The van der Waals surface area contributed by atoms with Crippen molar-refractivity contribution in [1.29, 1.82) is 0 Å². The Morgan fingerprint density at radius 2 is 1.97 bits per heavy atom. The summed E-state index contributed by atoms with van der Waals surface area (Å²) in [6, 6.07) is 8.06. The number of benzene rings is 2. The highest BCUT2D eigenvalue weighted by atomic mass is 35.5. The minimum Gasteiger partial charge on any atom is -0.489 e. The minimum absolute atomic E-state index is 0.208. The van der Waals surface area contributed by atoms with Crippen LogP contribution in [0, 0.1) is 12.8 Å². The fraction of sp³-hybridized carbons (Fsp3) is 0.423. The number of hydrogen-bond acceptors (Lipinski definition) is 2. The number of carbonyl (C=O) groups is 1. The highest BCUT2D eigenvalue weighted by Gasteiger charge is 2.33. The van der Waals surface area contributed by atoms with Crippen LogP contribution in [0.4, 0.5) is 13.2 Å². The van der Waals surface area contributed by atoms with Crippen LogP contribution in [0.3, 0.4) is 0 Å². The van der Waals surface area contributed by atoms with Gasteiger partial charge in [0.05, 0.1) is 22.6 Å². The molecule has 1 aliphatic carbocycles. The third-order valence-corrected chi connectivity index (χ3v) is 7.28. The molecule has 34 heavy (non-hydrogen) atoms. The summed E-state index contributed by atoms with van der Waals surface area (Å²) < 4.78 is 47.9. The first kappa shape index (κ1) is 24.5. The number of aryl methyl sites for hydroxylation is 3. The van der Waals surface area contributed by atoms with Crippen molar-refractivity contribution in [2.24, 2.45) is 13.0 Å². The molecule has 1 heterocycles. The van der Waals surface area contributed by atoms with E-state index in [2.05, 4.69) is 0 Å². The number of carboxylic acid groups (broad SMARTS) is 1. The number of ether oxygens (including phenoxy) is 1. The van der Waals surface area contributed by atoms with E-state index >= 15 is 0 Å². The first-order chi connectivity index (χ1) is 16.0. The third kappa shape index (κ3) is 4.63. The molecule has 1 aromatic heterocycles. The van der Waals surface area contributed by atoms with Crippen molar-refractivity contribution in [2.75, 3.05) is 0 Å². The Kier molecular flexibility index (Phi) is 6.60. The van der Waals surface area contributed by atoms with Gasteiger partial charge in [-0.25, -0.2) is 0 Å². The molecule has 1 saturated carbocycles. The molecule has 1 fully saturated rings. The average Bonchev–Trinajstić information content (AvgIpc) is 3.36. The molecule has 0 bridgehead atoms. The average molecular weight is 494 g/mol. The van der Waals surface area contributed by atoms with E-state index in [-0.39, 0.29) is 6.10 Å². The van der Waals surface area contributed by atoms with E-state index in [0.29, 0.717) is 47.5 Å². The molecule has 0 spiro atoms. The zero-order chi connectivity index (χ0) is 24.8. The summed E-state index contributed by atoms with van der Waals surface area (Å²) >= 11 is 6.79. The normalized spacial score (nSPS) is 18.6. The Bertz CT molecular complexity index is 1250. The summed E-state index contributed by atoms with van der Waals surface area (Å²) in [6.45, 7) is 3.71. The van der Waals surface area contributed by atoms with Gasteiger partial charge in [0.2, 0.25) is 0 Å². The first-order valence-corrected chi connectivity index (χ1v) is 11.7. The number of nitrogens with zero attached hydrogens (tertiary/aromatic N) is 1. The second-order valence-electron chi connectivity index (χ2n) is 9.05. The molecule has 182 valence electrons. The van der Waals surface area contributed by atoms with Gasteiger partial charge in [-0.15, -0.1) is 0 Å². The largest absolute Gasteiger partial charge is 0.489 e. The fourth-order valence-electron chi connectivity index (χ4n) is 4.88. The van der Waals surface area contributed by atoms with Gasteiger partial charge in [0.15, 0.2) is 0 Å². The number of aromatic nitrogens is 1. The number of alkyl halides is 3. The van der Waals surface area contributed by atoms with E-state index in [1.165, 1.54) is 12.1 Å². The van der Waals surface area contributed by atoms with Gasteiger partial charge >= 0.3 is 12.1 Å². The van der Waals surface area contributed by atoms with Crippen molar-refractivity contribution in [1.82, 2.24) is 4.57 Å². The predicted molar refractivity (Wildman–Crippen MR) is 126 cm³/mol. The van der Waals surface area contributed by atoms with Crippen molar-refractivity contribution in [3.63, 3.8) is 0 Å². The lowest BCUT2D eigenvalue weighted by atomic mass is 10.00. The van der Waals surface area contributed by atoms with Gasteiger partial charge in [-0.05, 0) is 73.6 Å². The second kappa shape index (κ2) is 9.17. The molecule has 8 heteroatoms. The van der Waals surface area contributed by atoms with E-state index in [1.54, 1.807) is 18.5 Å². The van der Waals surface area contributed by atoms with Gasteiger partial charge in [-0.3, -0.25) is 4.79 Å². The molecule has 0 aliphatic heterocycles. The summed E-state index contributed by atoms with van der Waals surface area (Å²) in [4.78, 5) is 11.3. The van der Waals surface area contributed by atoms with Crippen LogP contribution in [0.5, 0.6) is 5.75 Å². The van der Waals surface area contributed by atoms with Crippen molar-refractivity contribution in [2.45, 2.75) is 58.2 Å². The van der Waals surface area contributed by atoms with Crippen LogP contribution < -0.4 is 4.74 Å². The SMILES string of the molecule is CCc1ccc(O[C@H]2CC[C@@H](C(=O)O)C2)c(Cl)c1Cc1cc2c(C)cc(C(F)(F)F)cc2n1C. The highest BCUT2D eigenvalue weighted by Crippen LogP contribution is 2.38. The molecule has 1 aliphatic rings. The van der Waals surface area contributed by atoms with Gasteiger partial charge in [0, 0.05) is 30.1 Å². The van der Waals surface area contributed by atoms with Crippen molar-refractivity contribution in [3.8, 4) is 5.75 Å². The molecule has 3 aromatic rings. The molecule has 2 aromatic carbocycles. The Balaban J connectivity index is 1.68. The van der Waals surface area contributed by atoms with Crippen LogP contribution in [0.1, 0.15) is 54.1 Å². The molecular formula is C26H27ClF3NO3. The fourth-order valence-corrected chi connectivity index (χ4v) is 5.18. The van der Waals surface area contributed by atoms with Gasteiger partial charge in [0.1, 0.15) is 5.75 Å². The minimum atomic E-state index is -4.41. The maximum atomic E-state index is 13.3. The maximum Gasteiger partial charge on any atom is 0.416 e. The summed E-state index contributed by atoms with van der Waals surface area (Å²) in [6.07, 6.45) is -1.77. The monoisotopic (exact) mass is 493 g/mol.